The molecule has 1 heteroatoms. The highest BCUT2D eigenvalue weighted by Gasteiger charge is 1.96. The first-order valence-electron chi connectivity index (χ1n) is 7.08. The molecule has 0 fully saturated rings. The molecule has 1 aromatic carbocycles. The van der Waals surface area contributed by atoms with Gasteiger partial charge in [0.2, 0.25) is 0 Å². The number of aryl methyl sites for hydroxylation is 1. The summed E-state index contributed by atoms with van der Waals surface area (Å²) in [6.45, 7) is 9.87. The van der Waals surface area contributed by atoms with Crippen LogP contribution in [-0.2, 0) is 12.8 Å². The molecule has 0 aliphatic heterocycles. The molecule has 0 atom stereocenters. The summed E-state index contributed by atoms with van der Waals surface area (Å²) in [7, 11) is 0. The number of rotatable bonds is 7. The van der Waals surface area contributed by atoms with Crippen LogP contribution in [-0.4, -0.2) is 12.6 Å². The standard InChI is InChI=1S/C17H27N/c1-5-16-8-10-17(11-9-16)13-15(4)7-6-12-18-14(2)3/h7-11,14,18H,5-6,12-13H2,1-4H3. The Morgan fingerprint density at radius 1 is 1.17 bits per heavy atom. The summed E-state index contributed by atoms with van der Waals surface area (Å²) in [5.74, 6) is 0. The predicted molar refractivity (Wildman–Crippen MR) is 81.0 cm³/mol. The average molecular weight is 245 g/mol. The Labute approximate surface area is 112 Å². The van der Waals surface area contributed by atoms with E-state index in [2.05, 4.69) is 63.4 Å². The van der Waals surface area contributed by atoms with Gasteiger partial charge >= 0.3 is 0 Å². The Morgan fingerprint density at radius 3 is 2.33 bits per heavy atom. The largest absolute Gasteiger partial charge is 0.314 e. The SMILES string of the molecule is CCc1ccc(CC(C)=CCCNC(C)C)cc1. The highest BCUT2D eigenvalue weighted by atomic mass is 14.9. The number of hydrogen-bond donors (Lipinski definition) is 1. The summed E-state index contributed by atoms with van der Waals surface area (Å²) in [6.07, 6.45) is 5.67. The predicted octanol–water partition coefficient (Wildman–Crippen LogP) is 4.13. The second-order valence-corrected chi connectivity index (χ2v) is 5.29. The summed E-state index contributed by atoms with van der Waals surface area (Å²) >= 11 is 0. The van der Waals surface area contributed by atoms with Gasteiger partial charge in [0.1, 0.15) is 0 Å². The molecule has 0 saturated heterocycles. The smallest absolute Gasteiger partial charge is 0.00105 e. The lowest BCUT2D eigenvalue weighted by atomic mass is 10.0. The van der Waals surface area contributed by atoms with Gasteiger partial charge in [-0.15, -0.1) is 0 Å². The number of allylic oxidation sites excluding steroid dienone is 1. The van der Waals surface area contributed by atoms with Crippen molar-refractivity contribution in [1.29, 1.82) is 0 Å². The fraction of sp³-hybridized carbons (Fsp3) is 0.529. The van der Waals surface area contributed by atoms with Crippen molar-refractivity contribution >= 4 is 0 Å². The van der Waals surface area contributed by atoms with Crippen LogP contribution in [0.1, 0.15) is 45.2 Å². The van der Waals surface area contributed by atoms with Gasteiger partial charge in [0.05, 0.1) is 0 Å². The quantitative estimate of drug-likeness (QED) is 0.562. The van der Waals surface area contributed by atoms with E-state index in [4.69, 9.17) is 0 Å². The van der Waals surface area contributed by atoms with Gasteiger partial charge in [-0.05, 0) is 43.9 Å². The van der Waals surface area contributed by atoms with E-state index in [1.165, 1.54) is 16.7 Å². The van der Waals surface area contributed by atoms with E-state index in [0.29, 0.717) is 6.04 Å². The van der Waals surface area contributed by atoms with Crippen LogP contribution in [0.2, 0.25) is 0 Å². The molecule has 0 heterocycles. The Bertz CT molecular complexity index is 360. The van der Waals surface area contributed by atoms with Crippen molar-refractivity contribution in [2.75, 3.05) is 6.54 Å². The Hall–Kier alpha value is -1.08. The van der Waals surface area contributed by atoms with Crippen LogP contribution in [0.5, 0.6) is 0 Å². The molecule has 1 N–H and O–H groups in total. The van der Waals surface area contributed by atoms with Gasteiger partial charge in [-0.1, -0.05) is 56.7 Å². The molecule has 1 aromatic rings. The molecule has 1 rings (SSSR count). The highest BCUT2D eigenvalue weighted by molar-refractivity contribution is 5.25. The van der Waals surface area contributed by atoms with Gasteiger partial charge in [0.25, 0.3) is 0 Å². The molecule has 0 unspecified atom stereocenters. The molecular weight excluding hydrogens is 218 g/mol. The number of nitrogens with one attached hydrogen (secondary N) is 1. The summed E-state index contributed by atoms with van der Waals surface area (Å²) in [5, 5.41) is 3.44. The lowest BCUT2D eigenvalue weighted by Crippen LogP contribution is -2.23. The van der Waals surface area contributed by atoms with E-state index < -0.39 is 0 Å². The molecule has 0 radical (unpaired) electrons. The zero-order valence-corrected chi connectivity index (χ0v) is 12.3. The zero-order valence-electron chi connectivity index (χ0n) is 12.3. The minimum absolute atomic E-state index is 0.584. The van der Waals surface area contributed by atoms with E-state index in [1.807, 2.05) is 0 Å². The Kier molecular flexibility index (Phi) is 6.74. The first-order valence-corrected chi connectivity index (χ1v) is 7.08. The average Bonchev–Trinajstić information content (AvgIpc) is 2.35. The molecule has 0 aliphatic carbocycles. The van der Waals surface area contributed by atoms with E-state index in [0.717, 1.165) is 25.8 Å². The van der Waals surface area contributed by atoms with Gasteiger partial charge in [-0.25, -0.2) is 0 Å². The van der Waals surface area contributed by atoms with Crippen LogP contribution in [0, 0.1) is 0 Å². The maximum absolute atomic E-state index is 3.44. The molecule has 100 valence electrons. The Balaban J connectivity index is 2.38. The van der Waals surface area contributed by atoms with Crippen LogP contribution in [0.15, 0.2) is 35.9 Å². The normalized spacial score (nSPS) is 12.2. The number of hydrogen-bond acceptors (Lipinski definition) is 1. The molecule has 1 nitrogen and oxygen atoms in total. The topological polar surface area (TPSA) is 12.0 Å². The number of benzene rings is 1. The van der Waals surface area contributed by atoms with Crippen molar-refractivity contribution in [3.05, 3.63) is 47.0 Å². The van der Waals surface area contributed by atoms with Crippen molar-refractivity contribution in [1.82, 2.24) is 5.32 Å². The van der Waals surface area contributed by atoms with Crippen molar-refractivity contribution in [2.45, 2.75) is 53.0 Å². The maximum atomic E-state index is 3.44. The molecule has 18 heavy (non-hydrogen) atoms. The molecule has 0 spiro atoms. The van der Waals surface area contributed by atoms with Gasteiger partial charge in [-0.3, -0.25) is 0 Å². The van der Waals surface area contributed by atoms with Gasteiger partial charge < -0.3 is 5.32 Å². The minimum atomic E-state index is 0.584. The minimum Gasteiger partial charge on any atom is -0.314 e. The summed E-state index contributed by atoms with van der Waals surface area (Å²) in [6, 6.07) is 9.57. The van der Waals surface area contributed by atoms with Crippen LogP contribution in [0.3, 0.4) is 0 Å². The molecule has 0 aromatic heterocycles. The fourth-order valence-corrected chi connectivity index (χ4v) is 1.98. The monoisotopic (exact) mass is 245 g/mol. The first kappa shape index (κ1) is 15.0. The molecular formula is C17H27N. The van der Waals surface area contributed by atoms with Crippen LogP contribution < -0.4 is 5.32 Å². The lowest BCUT2D eigenvalue weighted by Gasteiger charge is -2.07. The van der Waals surface area contributed by atoms with Crippen molar-refractivity contribution in [3.8, 4) is 0 Å². The molecule has 0 saturated carbocycles. The van der Waals surface area contributed by atoms with Gasteiger partial charge in [0, 0.05) is 6.04 Å². The molecule has 0 amide bonds. The third-order valence-corrected chi connectivity index (χ3v) is 3.10. The second-order valence-electron chi connectivity index (χ2n) is 5.29. The van der Waals surface area contributed by atoms with Crippen LogP contribution in [0.4, 0.5) is 0 Å². The summed E-state index contributed by atoms with van der Waals surface area (Å²) in [5.41, 5.74) is 4.30. The van der Waals surface area contributed by atoms with Crippen molar-refractivity contribution in [3.63, 3.8) is 0 Å². The second kappa shape index (κ2) is 8.10. The highest BCUT2D eigenvalue weighted by Crippen LogP contribution is 2.10. The summed E-state index contributed by atoms with van der Waals surface area (Å²) in [4.78, 5) is 0. The van der Waals surface area contributed by atoms with Crippen LogP contribution in [0.25, 0.3) is 0 Å². The first-order chi connectivity index (χ1) is 8.61. The zero-order chi connectivity index (χ0) is 13.4. The third kappa shape index (κ3) is 6.02. The van der Waals surface area contributed by atoms with Crippen LogP contribution >= 0.6 is 0 Å². The Morgan fingerprint density at radius 2 is 1.78 bits per heavy atom. The van der Waals surface area contributed by atoms with E-state index in [9.17, 15) is 0 Å². The summed E-state index contributed by atoms with van der Waals surface area (Å²) < 4.78 is 0. The van der Waals surface area contributed by atoms with Crippen molar-refractivity contribution in [2.24, 2.45) is 0 Å². The maximum Gasteiger partial charge on any atom is 0.00105 e. The lowest BCUT2D eigenvalue weighted by molar-refractivity contribution is 0.594. The van der Waals surface area contributed by atoms with Gasteiger partial charge in [-0.2, -0.15) is 0 Å². The van der Waals surface area contributed by atoms with Crippen molar-refractivity contribution < 1.29 is 0 Å². The molecule has 0 bridgehead atoms. The third-order valence-electron chi connectivity index (χ3n) is 3.10. The van der Waals surface area contributed by atoms with E-state index in [1.54, 1.807) is 0 Å². The van der Waals surface area contributed by atoms with E-state index >= 15 is 0 Å². The van der Waals surface area contributed by atoms with E-state index in [-0.39, 0.29) is 0 Å². The molecule has 0 aliphatic rings. The fourth-order valence-electron chi connectivity index (χ4n) is 1.98. The van der Waals surface area contributed by atoms with Gasteiger partial charge in [0.15, 0.2) is 0 Å².